The van der Waals surface area contributed by atoms with Crippen molar-refractivity contribution in [1.82, 2.24) is 0 Å². The maximum atomic E-state index is 11.9. The molecule has 0 radical (unpaired) electrons. The van der Waals surface area contributed by atoms with E-state index in [1.165, 1.54) is 11.3 Å². The normalized spacial score (nSPS) is 11.5. The summed E-state index contributed by atoms with van der Waals surface area (Å²) in [5.41, 5.74) is 0. The molecule has 0 aliphatic carbocycles. The molecule has 1 aromatic heterocycles. The lowest BCUT2D eigenvalue weighted by Crippen LogP contribution is -1.98. The Balaban J connectivity index is 0.000000312. The van der Waals surface area contributed by atoms with Crippen LogP contribution in [-0.2, 0) is 18.1 Å². The molecule has 0 amide bonds. The zero-order chi connectivity index (χ0) is 14.5. The zero-order valence-electron chi connectivity index (χ0n) is 9.23. The lowest BCUT2D eigenvalue weighted by molar-refractivity contribution is 0.598. The monoisotopic (exact) mass is 358 g/mol. The molecule has 0 aliphatic heterocycles. The van der Waals surface area contributed by atoms with Gasteiger partial charge in [-0.05, 0) is 23.6 Å². The number of hydrogen-bond donors (Lipinski definition) is 0. The molecule has 0 saturated heterocycles. The third-order valence-electron chi connectivity index (χ3n) is 1.81. The van der Waals surface area contributed by atoms with E-state index in [1.807, 2.05) is 0 Å². The summed E-state index contributed by atoms with van der Waals surface area (Å²) >= 11 is 1.24. The highest BCUT2D eigenvalue weighted by molar-refractivity contribution is 8.31. The van der Waals surface area contributed by atoms with Gasteiger partial charge in [-0.1, -0.05) is 24.3 Å². The van der Waals surface area contributed by atoms with Gasteiger partial charge in [0.1, 0.15) is 4.21 Å². The minimum Gasteiger partial charge on any atom is -0.218 e. The topological polar surface area (TPSA) is 68.3 Å². The zero-order valence-corrected chi connectivity index (χ0v) is 13.2. The van der Waals surface area contributed by atoms with Gasteiger partial charge in [0.15, 0.2) is 0 Å². The Morgan fingerprint density at radius 1 is 0.842 bits per heavy atom. The molecule has 0 saturated carbocycles. The van der Waals surface area contributed by atoms with Crippen molar-refractivity contribution < 1.29 is 16.8 Å². The molecule has 104 valence electrons. The van der Waals surface area contributed by atoms with Crippen LogP contribution in [0.3, 0.4) is 0 Å². The fourth-order valence-corrected chi connectivity index (χ4v) is 3.55. The molecule has 0 aliphatic rings. The average Bonchev–Trinajstić information content (AvgIpc) is 2.82. The van der Waals surface area contributed by atoms with E-state index in [2.05, 4.69) is 21.4 Å². The van der Waals surface area contributed by atoms with Crippen molar-refractivity contribution in [3.8, 4) is 0 Å². The van der Waals surface area contributed by atoms with E-state index >= 15 is 0 Å². The van der Waals surface area contributed by atoms with E-state index < -0.39 is 18.1 Å². The van der Waals surface area contributed by atoms with E-state index in [0.29, 0.717) is 9.10 Å². The average molecular weight is 359 g/mol. The molecule has 19 heavy (non-hydrogen) atoms. The van der Waals surface area contributed by atoms with Gasteiger partial charge in [0.2, 0.25) is 9.84 Å². The van der Waals surface area contributed by atoms with Crippen molar-refractivity contribution >= 4 is 50.8 Å². The van der Waals surface area contributed by atoms with Crippen LogP contribution in [0.5, 0.6) is 0 Å². The maximum absolute atomic E-state index is 11.9. The maximum Gasteiger partial charge on any atom is 0.317 e. The molecule has 1 heterocycles. The van der Waals surface area contributed by atoms with Crippen LogP contribution >= 0.6 is 32.7 Å². The van der Waals surface area contributed by atoms with Crippen LogP contribution in [0.15, 0.2) is 56.9 Å². The minimum atomic E-state index is -3.72. The molecule has 2 aromatic rings. The van der Waals surface area contributed by atoms with Crippen LogP contribution < -0.4 is 0 Å². The second-order valence-electron chi connectivity index (χ2n) is 3.13. The van der Waals surface area contributed by atoms with Crippen LogP contribution in [0.1, 0.15) is 0 Å². The highest BCUT2D eigenvalue weighted by atomic mass is 36.0. The summed E-state index contributed by atoms with van der Waals surface area (Å²) in [6.45, 7) is 0. The molecular formula is C10H8Cl2O4S3. The van der Waals surface area contributed by atoms with E-state index in [9.17, 15) is 8.42 Å². The molecule has 0 atom stereocenters. The van der Waals surface area contributed by atoms with Crippen molar-refractivity contribution in [3.63, 3.8) is 0 Å². The van der Waals surface area contributed by atoms with Gasteiger partial charge in [0.05, 0.1) is 4.90 Å². The lowest BCUT2D eigenvalue weighted by atomic mass is 10.4. The third kappa shape index (κ3) is 5.92. The summed E-state index contributed by atoms with van der Waals surface area (Å²) in [4.78, 5) is 0.349. The summed E-state index contributed by atoms with van der Waals surface area (Å²) in [5, 5.41) is 1.76. The molecule has 0 bridgehead atoms. The Labute approximate surface area is 124 Å². The van der Waals surface area contributed by atoms with Crippen molar-refractivity contribution in [2.45, 2.75) is 9.10 Å². The van der Waals surface area contributed by atoms with Crippen molar-refractivity contribution in [2.24, 2.45) is 0 Å². The van der Waals surface area contributed by atoms with Gasteiger partial charge in [-0.25, -0.2) is 8.42 Å². The molecule has 4 nitrogen and oxygen atoms in total. The van der Waals surface area contributed by atoms with Crippen LogP contribution in [-0.4, -0.2) is 16.8 Å². The molecular weight excluding hydrogens is 351 g/mol. The van der Waals surface area contributed by atoms with Gasteiger partial charge >= 0.3 is 8.26 Å². The number of halogens is 2. The summed E-state index contributed by atoms with van der Waals surface area (Å²) in [7, 11) is 1.54. The molecule has 9 heteroatoms. The number of sulfone groups is 1. The standard InChI is InChI=1S/C10H8O2S2.Cl2O2S/c11-14(12,10-7-4-8-13-10)9-5-2-1-3-6-9;1-5(2,3)4/h1-8H;. The first-order valence-corrected chi connectivity index (χ1v) is 10.2. The van der Waals surface area contributed by atoms with E-state index in [4.69, 9.17) is 8.42 Å². The van der Waals surface area contributed by atoms with Gasteiger partial charge < -0.3 is 0 Å². The number of rotatable bonds is 2. The Hall–Kier alpha value is -0.600. The van der Waals surface area contributed by atoms with Gasteiger partial charge in [0, 0.05) is 21.4 Å². The number of hydrogen-bond acceptors (Lipinski definition) is 5. The summed E-state index contributed by atoms with van der Waals surface area (Å²) in [6, 6.07) is 11.8. The van der Waals surface area contributed by atoms with E-state index in [-0.39, 0.29) is 0 Å². The molecule has 0 N–H and O–H groups in total. The van der Waals surface area contributed by atoms with E-state index in [1.54, 1.807) is 47.8 Å². The smallest absolute Gasteiger partial charge is 0.218 e. The van der Waals surface area contributed by atoms with Crippen LogP contribution in [0.4, 0.5) is 0 Å². The Morgan fingerprint density at radius 2 is 1.37 bits per heavy atom. The number of benzene rings is 1. The van der Waals surface area contributed by atoms with Gasteiger partial charge in [-0.3, -0.25) is 0 Å². The lowest BCUT2D eigenvalue weighted by Gasteiger charge is -1.99. The van der Waals surface area contributed by atoms with Crippen LogP contribution in [0, 0.1) is 0 Å². The molecule has 0 spiro atoms. The summed E-state index contributed by atoms with van der Waals surface area (Å²) < 4.78 is 42.5. The Bertz CT molecular complexity index is 699. The van der Waals surface area contributed by atoms with Gasteiger partial charge in [-0.15, -0.1) is 11.3 Å². The van der Waals surface area contributed by atoms with Crippen molar-refractivity contribution in [3.05, 3.63) is 47.8 Å². The fraction of sp³-hybridized carbons (Fsp3) is 0. The minimum absolute atomic E-state index is 0.349. The second-order valence-corrected chi connectivity index (χ2v) is 9.92. The molecule has 2 rings (SSSR count). The predicted molar refractivity (Wildman–Crippen MR) is 76.8 cm³/mol. The third-order valence-corrected chi connectivity index (χ3v) is 4.98. The molecule has 1 aromatic carbocycles. The van der Waals surface area contributed by atoms with Gasteiger partial charge in [0.25, 0.3) is 0 Å². The number of thiophene rings is 1. The van der Waals surface area contributed by atoms with Crippen LogP contribution in [0.2, 0.25) is 0 Å². The predicted octanol–water partition coefficient (Wildman–Crippen LogP) is 3.29. The first-order chi connectivity index (χ1) is 8.71. The molecule has 0 fully saturated rings. The largest absolute Gasteiger partial charge is 0.317 e. The quantitative estimate of drug-likeness (QED) is 0.772. The second kappa shape index (κ2) is 6.71. The Kier molecular flexibility index (Phi) is 5.82. The first kappa shape index (κ1) is 16.5. The highest BCUT2D eigenvalue weighted by Gasteiger charge is 2.17. The Morgan fingerprint density at radius 3 is 1.79 bits per heavy atom. The fourth-order valence-electron chi connectivity index (χ4n) is 1.13. The SMILES string of the molecule is O=S(=O)(Cl)Cl.O=S(=O)(c1ccccc1)c1cccs1. The first-order valence-electron chi connectivity index (χ1n) is 4.69. The summed E-state index contributed by atoms with van der Waals surface area (Å²) in [6.07, 6.45) is 0. The highest BCUT2D eigenvalue weighted by Crippen LogP contribution is 2.24. The van der Waals surface area contributed by atoms with Gasteiger partial charge in [-0.2, -0.15) is 8.42 Å². The van der Waals surface area contributed by atoms with Crippen LogP contribution in [0.25, 0.3) is 0 Å². The molecule has 0 unspecified atom stereocenters. The van der Waals surface area contributed by atoms with Crippen molar-refractivity contribution in [1.29, 1.82) is 0 Å². The summed E-state index contributed by atoms with van der Waals surface area (Å²) in [5.74, 6) is 0. The van der Waals surface area contributed by atoms with Crippen molar-refractivity contribution in [2.75, 3.05) is 0 Å². The van der Waals surface area contributed by atoms with E-state index in [0.717, 1.165) is 0 Å².